The van der Waals surface area contributed by atoms with Gasteiger partial charge in [0.15, 0.2) is 15.3 Å². The average molecular weight is 463 g/mol. The molecule has 0 fully saturated rings. The third-order valence-corrected chi connectivity index (χ3v) is 6.43. The summed E-state index contributed by atoms with van der Waals surface area (Å²) in [5.74, 6) is 1.43. The highest BCUT2D eigenvalue weighted by atomic mass is 32.2. The van der Waals surface area contributed by atoms with Crippen molar-refractivity contribution in [3.63, 3.8) is 0 Å². The van der Waals surface area contributed by atoms with Crippen LogP contribution in [0.15, 0.2) is 52.5 Å². The molecule has 1 N–H and O–H groups in total. The van der Waals surface area contributed by atoms with Crippen LogP contribution < -0.4 is 10.1 Å². The zero-order chi connectivity index (χ0) is 21.3. The fourth-order valence-corrected chi connectivity index (χ4v) is 5.06. The predicted molar refractivity (Wildman–Crippen MR) is 121 cm³/mol. The van der Waals surface area contributed by atoms with E-state index in [1.807, 2.05) is 34.9 Å². The highest BCUT2D eigenvalue weighted by Gasteiger charge is 2.15. The Morgan fingerprint density at radius 3 is 2.80 bits per heavy atom. The maximum atomic E-state index is 12.3. The van der Waals surface area contributed by atoms with E-state index in [1.54, 1.807) is 17.8 Å². The van der Waals surface area contributed by atoms with Crippen molar-refractivity contribution < 1.29 is 9.53 Å². The molecule has 0 radical (unpaired) electrons. The number of hydrogen-bond acceptors (Lipinski definition) is 9. The SMILES string of the molecule is C=CCn1c(COc2ccccc2)nnc1SCC(=O)Nc1nnc(SC(C)C)s1. The first-order valence-corrected chi connectivity index (χ1v) is 11.9. The summed E-state index contributed by atoms with van der Waals surface area (Å²) in [6.45, 7) is 8.75. The molecule has 1 amide bonds. The van der Waals surface area contributed by atoms with E-state index >= 15 is 0 Å². The smallest absolute Gasteiger partial charge is 0.236 e. The Morgan fingerprint density at radius 2 is 2.07 bits per heavy atom. The summed E-state index contributed by atoms with van der Waals surface area (Å²) < 4.78 is 8.48. The lowest BCUT2D eigenvalue weighted by Crippen LogP contribution is -2.15. The minimum atomic E-state index is -0.174. The second kappa shape index (κ2) is 11.1. The summed E-state index contributed by atoms with van der Waals surface area (Å²) in [7, 11) is 0. The summed E-state index contributed by atoms with van der Waals surface area (Å²) in [6, 6.07) is 9.51. The van der Waals surface area contributed by atoms with Gasteiger partial charge in [0.05, 0.1) is 5.75 Å². The van der Waals surface area contributed by atoms with E-state index in [2.05, 4.69) is 46.1 Å². The van der Waals surface area contributed by atoms with Crippen LogP contribution in [0.2, 0.25) is 0 Å². The van der Waals surface area contributed by atoms with Crippen molar-refractivity contribution >= 4 is 45.9 Å². The lowest BCUT2D eigenvalue weighted by molar-refractivity contribution is -0.113. The highest BCUT2D eigenvalue weighted by molar-refractivity contribution is 8.01. The van der Waals surface area contributed by atoms with E-state index in [1.165, 1.54) is 23.1 Å². The summed E-state index contributed by atoms with van der Waals surface area (Å²) in [6.07, 6.45) is 1.76. The standard InChI is InChI=1S/C19H22N6O2S3/c1-4-10-25-15(11-27-14-8-6-5-7-9-14)21-23-18(25)28-12-16(26)20-17-22-24-19(30-17)29-13(2)3/h4-9,13H,1,10-12H2,2-3H3,(H,20,22,26). The minimum absolute atomic E-state index is 0.174. The predicted octanol–water partition coefficient (Wildman–Crippen LogP) is 4.13. The second-order valence-corrected chi connectivity index (χ2v) is 10.0. The highest BCUT2D eigenvalue weighted by Crippen LogP contribution is 2.28. The van der Waals surface area contributed by atoms with Gasteiger partial charge in [-0.1, -0.05) is 73.0 Å². The molecule has 158 valence electrons. The van der Waals surface area contributed by atoms with E-state index in [9.17, 15) is 4.79 Å². The Hall–Kier alpha value is -2.37. The number of nitrogens with one attached hydrogen (secondary N) is 1. The number of amides is 1. The van der Waals surface area contributed by atoms with Gasteiger partial charge >= 0.3 is 0 Å². The van der Waals surface area contributed by atoms with Crippen LogP contribution >= 0.6 is 34.9 Å². The van der Waals surface area contributed by atoms with Crippen molar-refractivity contribution in [2.24, 2.45) is 0 Å². The Morgan fingerprint density at radius 1 is 1.27 bits per heavy atom. The number of para-hydroxylation sites is 1. The summed E-state index contributed by atoms with van der Waals surface area (Å²) >= 11 is 4.28. The molecule has 3 rings (SSSR count). The van der Waals surface area contributed by atoms with Crippen LogP contribution in [-0.2, 0) is 17.9 Å². The van der Waals surface area contributed by atoms with Crippen molar-refractivity contribution in [1.29, 1.82) is 0 Å². The van der Waals surface area contributed by atoms with Crippen molar-refractivity contribution in [1.82, 2.24) is 25.0 Å². The number of benzene rings is 1. The molecular formula is C19H22N6O2S3. The molecule has 0 aliphatic carbocycles. The molecule has 2 aromatic heterocycles. The maximum absolute atomic E-state index is 12.3. The topological polar surface area (TPSA) is 94.8 Å². The van der Waals surface area contributed by atoms with E-state index < -0.39 is 0 Å². The molecule has 0 aliphatic heterocycles. The molecule has 0 unspecified atom stereocenters. The fourth-order valence-electron chi connectivity index (χ4n) is 2.30. The summed E-state index contributed by atoms with van der Waals surface area (Å²) in [5.41, 5.74) is 0. The van der Waals surface area contributed by atoms with Gasteiger partial charge in [0.2, 0.25) is 11.0 Å². The number of carbonyl (C=O) groups is 1. The molecule has 11 heteroatoms. The number of rotatable bonds is 11. The van der Waals surface area contributed by atoms with E-state index in [0.717, 1.165) is 10.1 Å². The first-order valence-electron chi connectivity index (χ1n) is 9.18. The number of aromatic nitrogens is 5. The van der Waals surface area contributed by atoms with Crippen LogP contribution in [-0.4, -0.2) is 41.9 Å². The van der Waals surface area contributed by atoms with Crippen LogP contribution in [0.1, 0.15) is 19.7 Å². The number of allylic oxidation sites excluding steroid dienone is 1. The van der Waals surface area contributed by atoms with Crippen LogP contribution in [0.4, 0.5) is 5.13 Å². The van der Waals surface area contributed by atoms with Gasteiger partial charge in [-0.05, 0) is 12.1 Å². The number of ether oxygens (including phenoxy) is 1. The van der Waals surface area contributed by atoms with Gasteiger partial charge in [-0.3, -0.25) is 14.7 Å². The molecule has 0 atom stereocenters. The number of hydrogen-bond donors (Lipinski definition) is 1. The molecule has 8 nitrogen and oxygen atoms in total. The Labute approximate surface area is 187 Å². The number of carbonyl (C=O) groups excluding carboxylic acids is 1. The van der Waals surface area contributed by atoms with Gasteiger partial charge in [-0.2, -0.15) is 0 Å². The molecular weight excluding hydrogens is 440 g/mol. The van der Waals surface area contributed by atoms with E-state index in [4.69, 9.17) is 4.74 Å². The largest absolute Gasteiger partial charge is 0.486 e. The molecule has 0 bridgehead atoms. The van der Waals surface area contributed by atoms with E-state index in [-0.39, 0.29) is 18.3 Å². The maximum Gasteiger partial charge on any atom is 0.236 e. The van der Waals surface area contributed by atoms with Crippen LogP contribution in [0.25, 0.3) is 0 Å². The normalized spacial score (nSPS) is 10.9. The zero-order valence-corrected chi connectivity index (χ0v) is 19.1. The quantitative estimate of drug-likeness (QED) is 0.258. The van der Waals surface area contributed by atoms with Crippen molar-refractivity contribution in [3.8, 4) is 5.75 Å². The first kappa shape index (κ1) is 22.3. The molecule has 30 heavy (non-hydrogen) atoms. The molecule has 0 saturated heterocycles. The Kier molecular flexibility index (Phi) is 8.29. The van der Waals surface area contributed by atoms with Crippen molar-refractivity contribution in [2.45, 2.75) is 41.7 Å². The third-order valence-electron chi connectivity index (χ3n) is 3.54. The van der Waals surface area contributed by atoms with Crippen LogP contribution in [0, 0.1) is 0 Å². The lowest BCUT2D eigenvalue weighted by Gasteiger charge is -2.09. The van der Waals surface area contributed by atoms with Gasteiger partial charge in [-0.25, -0.2) is 0 Å². The average Bonchev–Trinajstić information content (AvgIpc) is 3.32. The van der Waals surface area contributed by atoms with Gasteiger partial charge in [0.1, 0.15) is 12.4 Å². The molecule has 0 spiro atoms. The molecule has 2 heterocycles. The molecule has 3 aromatic rings. The monoisotopic (exact) mass is 462 g/mol. The van der Waals surface area contributed by atoms with Gasteiger partial charge < -0.3 is 4.74 Å². The first-order chi connectivity index (χ1) is 14.5. The third kappa shape index (κ3) is 6.57. The summed E-state index contributed by atoms with van der Waals surface area (Å²) in [4.78, 5) is 12.3. The van der Waals surface area contributed by atoms with Crippen molar-refractivity contribution in [3.05, 3.63) is 48.8 Å². The van der Waals surface area contributed by atoms with Gasteiger partial charge in [0, 0.05) is 11.8 Å². The van der Waals surface area contributed by atoms with Gasteiger partial charge in [-0.15, -0.1) is 27.0 Å². The molecule has 0 saturated carbocycles. The summed E-state index contributed by atoms with van der Waals surface area (Å²) in [5, 5.41) is 20.8. The number of anilines is 1. The second-order valence-electron chi connectivity index (χ2n) is 6.28. The number of nitrogens with zero attached hydrogens (tertiary/aromatic N) is 5. The van der Waals surface area contributed by atoms with Crippen LogP contribution in [0.5, 0.6) is 5.75 Å². The lowest BCUT2D eigenvalue weighted by atomic mass is 10.3. The fraction of sp³-hybridized carbons (Fsp3) is 0.316. The molecule has 0 aliphatic rings. The number of thioether (sulfide) groups is 2. The van der Waals surface area contributed by atoms with E-state index in [0.29, 0.717) is 27.9 Å². The molecule has 1 aromatic carbocycles. The minimum Gasteiger partial charge on any atom is -0.486 e. The van der Waals surface area contributed by atoms with Crippen molar-refractivity contribution in [2.75, 3.05) is 11.1 Å². The Balaban J connectivity index is 1.56. The van der Waals surface area contributed by atoms with Crippen LogP contribution in [0.3, 0.4) is 0 Å². The van der Waals surface area contributed by atoms with Gasteiger partial charge in [0.25, 0.3) is 0 Å². The Bertz CT molecular complexity index is 974. The zero-order valence-electron chi connectivity index (χ0n) is 16.6.